The Kier molecular flexibility index (Phi) is 8.62. The quantitative estimate of drug-likeness (QED) is 0.405. The van der Waals surface area contributed by atoms with E-state index in [-0.39, 0.29) is 5.56 Å². The molecule has 0 saturated heterocycles. The molecule has 1 aromatic carbocycles. The first-order valence-corrected chi connectivity index (χ1v) is 9.84. The minimum absolute atomic E-state index is 0.0185. The fourth-order valence-electron chi connectivity index (χ4n) is 2.77. The number of nitrogens with one attached hydrogen (secondary N) is 2. The normalized spacial score (nSPS) is 11.6. The summed E-state index contributed by atoms with van der Waals surface area (Å²) in [5, 5.41) is 6.69. The smallest absolute Gasteiger partial charge is 0.250 e. The second-order valence-corrected chi connectivity index (χ2v) is 7.14. The van der Waals surface area contributed by atoms with Gasteiger partial charge in [-0.3, -0.25) is 4.79 Å². The van der Waals surface area contributed by atoms with E-state index in [4.69, 9.17) is 0 Å². The molecule has 1 heterocycles. The third kappa shape index (κ3) is 7.69. The van der Waals surface area contributed by atoms with Gasteiger partial charge in [-0.1, -0.05) is 44.2 Å². The number of benzene rings is 1. The fraction of sp³-hybridized carbons (Fsp3) is 0.455. The summed E-state index contributed by atoms with van der Waals surface area (Å²) < 4.78 is 1.71. The average Bonchev–Trinajstić information content (AvgIpc) is 2.66. The van der Waals surface area contributed by atoms with Crippen LogP contribution in [-0.2, 0) is 13.1 Å². The first-order chi connectivity index (χ1) is 13.1. The summed E-state index contributed by atoms with van der Waals surface area (Å²) in [4.78, 5) is 16.5. The zero-order valence-electron chi connectivity index (χ0n) is 16.7. The highest BCUT2D eigenvalue weighted by Crippen LogP contribution is 2.07. The Hall–Kier alpha value is -2.56. The molecule has 0 atom stereocenters. The lowest BCUT2D eigenvalue weighted by atomic mass is 10.1. The molecule has 27 heavy (non-hydrogen) atoms. The van der Waals surface area contributed by atoms with Gasteiger partial charge in [0, 0.05) is 25.4 Å². The third-order valence-corrected chi connectivity index (χ3v) is 4.29. The maximum Gasteiger partial charge on any atom is 0.250 e. The molecular formula is C22H32N4O. The van der Waals surface area contributed by atoms with Crippen molar-refractivity contribution in [2.24, 2.45) is 10.9 Å². The molecule has 5 nitrogen and oxygen atoms in total. The average molecular weight is 369 g/mol. The summed E-state index contributed by atoms with van der Waals surface area (Å²) in [6, 6.07) is 13.5. The molecule has 2 aromatic rings. The Labute approximate surface area is 162 Å². The van der Waals surface area contributed by atoms with E-state index < -0.39 is 0 Å². The van der Waals surface area contributed by atoms with Crippen LogP contribution in [0.1, 0.15) is 44.7 Å². The van der Waals surface area contributed by atoms with E-state index in [0.717, 1.165) is 42.5 Å². The molecule has 0 fully saturated rings. The van der Waals surface area contributed by atoms with Crippen LogP contribution >= 0.6 is 0 Å². The monoisotopic (exact) mass is 368 g/mol. The zero-order valence-corrected chi connectivity index (χ0v) is 16.7. The van der Waals surface area contributed by atoms with E-state index in [1.807, 2.05) is 12.3 Å². The Morgan fingerprint density at radius 1 is 1.07 bits per heavy atom. The van der Waals surface area contributed by atoms with Crippen molar-refractivity contribution in [3.05, 3.63) is 70.1 Å². The number of pyridine rings is 1. The number of hydrogen-bond acceptors (Lipinski definition) is 2. The van der Waals surface area contributed by atoms with Gasteiger partial charge < -0.3 is 15.2 Å². The molecule has 0 aliphatic carbocycles. The number of nitrogens with zero attached hydrogens (tertiary/aromatic N) is 2. The Bertz CT molecular complexity index is 762. The molecule has 0 aliphatic rings. The highest BCUT2D eigenvalue weighted by atomic mass is 16.1. The molecule has 1 aromatic heterocycles. The molecule has 0 saturated carbocycles. The molecule has 0 spiro atoms. The van der Waals surface area contributed by atoms with Gasteiger partial charge in [0.2, 0.25) is 0 Å². The molecule has 0 aliphatic heterocycles. The van der Waals surface area contributed by atoms with Gasteiger partial charge in [0.05, 0.1) is 13.1 Å². The van der Waals surface area contributed by atoms with Crippen molar-refractivity contribution >= 4 is 5.96 Å². The summed E-state index contributed by atoms with van der Waals surface area (Å²) in [5.41, 5.74) is 2.28. The minimum Gasteiger partial charge on any atom is -0.357 e. The second kappa shape index (κ2) is 11.2. The van der Waals surface area contributed by atoms with Crippen LogP contribution in [-0.4, -0.2) is 23.6 Å². The third-order valence-electron chi connectivity index (χ3n) is 4.29. The Morgan fingerprint density at radius 2 is 1.81 bits per heavy atom. The largest absolute Gasteiger partial charge is 0.357 e. The summed E-state index contributed by atoms with van der Waals surface area (Å²) in [5.74, 6) is 1.60. The number of hydrogen-bond donors (Lipinski definition) is 2. The number of rotatable bonds is 9. The van der Waals surface area contributed by atoms with Crippen molar-refractivity contribution < 1.29 is 0 Å². The summed E-state index contributed by atoms with van der Waals surface area (Å²) in [6.45, 7) is 9.57. The number of guanidine groups is 1. The van der Waals surface area contributed by atoms with E-state index in [1.165, 1.54) is 6.42 Å². The first-order valence-electron chi connectivity index (χ1n) is 9.84. The van der Waals surface area contributed by atoms with Crippen molar-refractivity contribution in [3.8, 4) is 0 Å². The van der Waals surface area contributed by atoms with Crippen LogP contribution in [0.15, 0.2) is 58.4 Å². The summed E-state index contributed by atoms with van der Waals surface area (Å²) in [6.07, 6.45) is 4.18. The standard InChI is InChI=1S/C22H32N4O/c1-4-23-22(24-14-7-8-18(2)3)25-16-19-10-12-20(13-11-19)17-26-15-6-5-9-21(26)27/h5-6,9-13,15,18H,4,7-8,14,16-17H2,1-3H3,(H2,23,24,25). The first kappa shape index (κ1) is 20.7. The van der Waals surface area contributed by atoms with Gasteiger partial charge in [0.25, 0.3) is 5.56 Å². The van der Waals surface area contributed by atoms with E-state index in [9.17, 15) is 4.79 Å². The van der Waals surface area contributed by atoms with Gasteiger partial charge in [-0.25, -0.2) is 4.99 Å². The van der Waals surface area contributed by atoms with Gasteiger partial charge in [0.1, 0.15) is 0 Å². The van der Waals surface area contributed by atoms with Crippen LogP contribution in [0.5, 0.6) is 0 Å². The van der Waals surface area contributed by atoms with Crippen molar-refractivity contribution in [2.75, 3.05) is 13.1 Å². The minimum atomic E-state index is 0.0185. The Morgan fingerprint density at radius 3 is 2.48 bits per heavy atom. The van der Waals surface area contributed by atoms with E-state index >= 15 is 0 Å². The van der Waals surface area contributed by atoms with Crippen LogP contribution in [0, 0.1) is 5.92 Å². The predicted octanol–water partition coefficient (Wildman–Crippen LogP) is 3.39. The van der Waals surface area contributed by atoms with Gasteiger partial charge in [-0.2, -0.15) is 0 Å². The van der Waals surface area contributed by atoms with Crippen molar-refractivity contribution in [1.82, 2.24) is 15.2 Å². The molecule has 2 N–H and O–H groups in total. The maximum absolute atomic E-state index is 11.8. The molecule has 2 rings (SSSR count). The van der Waals surface area contributed by atoms with E-state index in [1.54, 1.807) is 16.7 Å². The van der Waals surface area contributed by atoms with Crippen LogP contribution in [0.3, 0.4) is 0 Å². The fourth-order valence-corrected chi connectivity index (χ4v) is 2.77. The Balaban J connectivity index is 1.90. The van der Waals surface area contributed by atoms with Crippen LogP contribution in [0.2, 0.25) is 0 Å². The topological polar surface area (TPSA) is 58.4 Å². The zero-order chi connectivity index (χ0) is 19.5. The highest BCUT2D eigenvalue weighted by molar-refractivity contribution is 5.79. The molecule has 0 unspecified atom stereocenters. The van der Waals surface area contributed by atoms with Crippen molar-refractivity contribution in [1.29, 1.82) is 0 Å². The maximum atomic E-state index is 11.8. The van der Waals surface area contributed by atoms with Crippen molar-refractivity contribution in [3.63, 3.8) is 0 Å². The van der Waals surface area contributed by atoms with Crippen molar-refractivity contribution in [2.45, 2.75) is 46.7 Å². The molecular weight excluding hydrogens is 336 g/mol. The molecule has 5 heteroatoms. The molecule has 0 amide bonds. The number of aromatic nitrogens is 1. The highest BCUT2D eigenvalue weighted by Gasteiger charge is 2.00. The SMILES string of the molecule is CCNC(=NCc1ccc(Cn2ccccc2=O)cc1)NCCCC(C)C. The lowest BCUT2D eigenvalue weighted by molar-refractivity contribution is 0.549. The molecule has 0 radical (unpaired) electrons. The van der Waals surface area contributed by atoms with E-state index in [2.05, 4.69) is 60.7 Å². The van der Waals surface area contributed by atoms with Gasteiger partial charge >= 0.3 is 0 Å². The number of aliphatic imine (C=N–C) groups is 1. The lowest BCUT2D eigenvalue weighted by Crippen LogP contribution is -2.37. The van der Waals surface area contributed by atoms with Crippen LogP contribution in [0.4, 0.5) is 0 Å². The second-order valence-electron chi connectivity index (χ2n) is 7.14. The van der Waals surface area contributed by atoms with Gasteiger partial charge in [0.15, 0.2) is 5.96 Å². The lowest BCUT2D eigenvalue weighted by Gasteiger charge is -2.12. The molecule has 0 bridgehead atoms. The van der Waals surface area contributed by atoms with Crippen LogP contribution in [0.25, 0.3) is 0 Å². The summed E-state index contributed by atoms with van der Waals surface area (Å²) >= 11 is 0. The van der Waals surface area contributed by atoms with E-state index in [0.29, 0.717) is 13.1 Å². The predicted molar refractivity (Wildman–Crippen MR) is 113 cm³/mol. The van der Waals surface area contributed by atoms with Gasteiger partial charge in [-0.05, 0) is 42.9 Å². The van der Waals surface area contributed by atoms with Crippen LogP contribution < -0.4 is 16.2 Å². The summed E-state index contributed by atoms with van der Waals surface area (Å²) in [7, 11) is 0. The molecule has 146 valence electrons. The van der Waals surface area contributed by atoms with Gasteiger partial charge in [-0.15, -0.1) is 0 Å².